The van der Waals surface area contributed by atoms with Gasteiger partial charge in [0.05, 0.1) is 40.7 Å². The highest BCUT2D eigenvalue weighted by atomic mass is 19.1. The normalized spacial score (nSPS) is 14.4. The molecule has 4 aromatic carbocycles. The van der Waals surface area contributed by atoms with Crippen LogP contribution in [0.1, 0.15) is 70.6 Å². The number of aromatic nitrogens is 2. The first-order valence-electron chi connectivity index (χ1n) is 18.8. The van der Waals surface area contributed by atoms with Gasteiger partial charge in [0.2, 0.25) is 0 Å². The van der Waals surface area contributed by atoms with Crippen LogP contribution in [0.4, 0.5) is 20.2 Å². The fraction of sp³-hybridized carbons (Fsp3) is 0.289. The van der Waals surface area contributed by atoms with Gasteiger partial charge in [-0.05, 0) is 124 Å². The van der Waals surface area contributed by atoms with Crippen molar-refractivity contribution in [3.63, 3.8) is 0 Å². The third-order valence-corrected chi connectivity index (χ3v) is 10.6. The predicted octanol–water partition coefficient (Wildman–Crippen LogP) is 10.2. The molecule has 10 heteroatoms. The van der Waals surface area contributed by atoms with Gasteiger partial charge in [-0.3, -0.25) is 9.97 Å². The highest BCUT2D eigenvalue weighted by molar-refractivity contribution is 6.09. The van der Waals surface area contributed by atoms with Crippen molar-refractivity contribution in [1.82, 2.24) is 9.97 Å². The lowest BCUT2D eigenvalue weighted by Gasteiger charge is -2.29. The number of aryl methyl sites for hydroxylation is 2. The van der Waals surface area contributed by atoms with Crippen molar-refractivity contribution in [3.8, 4) is 22.3 Å². The highest BCUT2D eigenvalue weighted by Crippen LogP contribution is 2.38. The molecule has 282 valence electrons. The van der Waals surface area contributed by atoms with Crippen LogP contribution < -0.4 is 9.80 Å². The lowest BCUT2D eigenvalue weighted by Crippen LogP contribution is -2.29. The second kappa shape index (κ2) is 16.2. The third kappa shape index (κ3) is 7.85. The number of methoxy groups -OCH3 is 1. The summed E-state index contributed by atoms with van der Waals surface area (Å²) < 4.78 is 32.0. The Kier molecular flexibility index (Phi) is 11.0. The number of hydrogen-bond donors (Lipinski definition) is 1. The number of ether oxygens (including phenoxy) is 1. The van der Waals surface area contributed by atoms with E-state index in [-0.39, 0.29) is 17.2 Å². The van der Waals surface area contributed by atoms with Crippen molar-refractivity contribution in [3.05, 3.63) is 119 Å². The molecule has 0 unspecified atom stereocenters. The number of halogens is 2. The minimum atomic E-state index is -1.02. The van der Waals surface area contributed by atoms with E-state index in [9.17, 15) is 23.5 Å². The molecule has 0 aliphatic carbocycles. The summed E-state index contributed by atoms with van der Waals surface area (Å²) in [6.07, 6.45) is 7.20. The average molecular weight is 743 g/mol. The Labute approximate surface area is 319 Å². The number of carboxylic acids is 1. The molecular formula is C45H44F2N4O4. The van der Waals surface area contributed by atoms with E-state index < -0.39 is 11.9 Å². The monoisotopic (exact) mass is 742 g/mol. The quantitative estimate of drug-likeness (QED) is 0.169. The van der Waals surface area contributed by atoms with E-state index >= 15 is 0 Å². The molecule has 4 heterocycles. The molecule has 2 aliphatic rings. The number of benzene rings is 4. The number of carbonyl (C=O) groups is 2. The summed E-state index contributed by atoms with van der Waals surface area (Å²) >= 11 is 0. The van der Waals surface area contributed by atoms with Gasteiger partial charge < -0.3 is 19.6 Å². The fourth-order valence-corrected chi connectivity index (χ4v) is 7.89. The molecule has 0 atom stereocenters. The van der Waals surface area contributed by atoms with Gasteiger partial charge in [-0.2, -0.15) is 0 Å². The zero-order chi connectivity index (χ0) is 38.6. The summed E-state index contributed by atoms with van der Waals surface area (Å²) in [5.74, 6) is -2.12. The average Bonchev–Trinajstić information content (AvgIpc) is 3.21. The van der Waals surface area contributed by atoms with Crippen molar-refractivity contribution in [2.24, 2.45) is 0 Å². The molecule has 0 spiro atoms. The van der Waals surface area contributed by atoms with Crippen molar-refractivity contribution in [2.75, 3.05) is 43.1 Å². The standard InChI is InChI=1S/C23H23FN2O2.C22H21FN2O2/c1-15-21(23(27)28-2)22(16-6-8-17(24)9-7-16)19-14-18(10-11-20(19)25-15)26-12-4-3-5-13-26;1-14-20(22(26)27)21(15-5-7-16(23)8-6-15)18-13-17(9-10-19(18)24-14)25-11-3-2-4-12-25/h6-11,14H,3-5,12-13H2,1-2H3;5-10,13H,2-4,11-12H2,1H3,(H,26,27). The van der Waals surface area contributed by atoms with Crippen LogP contribution >= 0.6 is 0 Å². The smallest absolute Gasteiger partial charge is 0.340 e. The van der Waals surface area contributed by atoms with E-state index in [2.05, 4.69) is 38.0 Å². The molecule has 6 aromatic rings. The van der Waals surface area contributed by atoms with E-state index in [0.29, 0.717) is 28.1 Å². The molecule has 2 aromatic heterocycles. The van der Waals surface area contributed by atoms with Crippen LogP contribution in [0.15, 0.2) is 84.9 Å². The van der Waals surface area contributed by atoms with E-state index in [1.54, 1.807) is 38.1 Å². The number of rotatable bonds is 6. The maximum atomic E-state index is 13.5. The number of aromatic carboxylic acids is 1. The summed E-state index contributed by atoms with van der Waals surface area (Å²) in [6, 6.07) is 24.4. The predicted molar refractivity (Wildman–Crippen MR) is 214 cm³/mol. The maximum absolute atomic E-state index is 13.5. The first kappa shape index (κ1) is 37.4. The number of piperidine rings is 2. The first-order chi connectivity index (χ1) is 26.6. The number of anilines is 2. The van der Waals surface area contributed by atoms with Crippen LogP contribution in [0.2, 0.25) is 0 Å². The molecule has 2 saturated heterocycles. The Morgan fingerprint density at radius 1 is 0.600 bits per heavy atom. The van der Waals surface area contributed by atoms with Gasteiger partial charge in [-0.15, -0.1) is 0 Å². The Bertz CT molecular complexity index is 2370. The van der Waals surface area contributed by atoms with E-state index in [1.807, 2.05) is 18.2 Å². The molecule has 0 saturated carbocycles. The van der Waals surface area contributed by atoms with Gasteiger partial charge >= 0.3 is 11.9 Å². The molecule has 0 bridgehead atoms. The molecule has 0 radical (unpaired) electrons. The van der Waals surface area contributed by atoms with Crippen LogP contribution in [-0.4, -0.2) is 60.3 Å². The van der Waals surface area contributed by atoms with Crippen LogP contribution in [0.3, 0.4) is 0 Å². The van der Waals surface area contributed by atoms with E-state index in [0.717, 1.165) is 83.3 Å². The molecule has 8 rings (SSSR count). The zero-order valence-corrected chi connectivity index (χ0v) is 31.4. The van der Waals surface area contributed by atoms with E-state index in [1.165, 1.54) is 57.1 Å². The fourth-order valence-electron chi connectivity index (χ4n) is 7.89. The lowest BCUT2D eigenvalue weighted by molar-refractivity contribution is 0.0599. The second-order valence-corrected chi connectivity index (χ2v) is 14.2. The number of esters is 1. The Morgan fingerprint density at radius 3 is 1.40 bits per heavy atom. The number of carboxylic acid groups (broad SMARTS) is 1. The van der Waals surface area contributed by atoms with Crippen LogP contribution in [-0.2, 0) is 4.74 Å². The van der Waals surface area contributed by atoms with Gasteiger partial charge in [-0.25, -0.2) is 18.4 Å². The number of nitrogens with zero attached hydrogens (tertiary/aromatic N) is 4. The minimum Gasteiger partial charge on any atom is -0.478 e. The number of carbonyl (C=O) groups excluding carboxylic acids is 1. The van der Waals surface area contributed by atoms with Crippen LogP contribution in [0.5, 0.6) is 0 Å². The van der Waals surface area contributed by atoms with Gasteiger partial charge in [0, 0.05) is 59.5 Å². The Morgan fingerprint density at radius 2 is 1.00 bits per heavy atom. The zero-order valence-electron chi connectivity index (χ0n) is 31.4. The summed E-state index contributed by atoms with van der Waals surface area (Å²) in [4.78, 5) is 38.4. The number of hydrogen-bond acceptors (Lipinski definition) is 7. The van der Waals surface area contributed by atoms with Crippen molar-refractivity contribution >= 4 is 45.1 Å². The molecule has 2 fully saturated rings. The molecule has 8 nitrogen and oxygen atoms in total. The summed E-state index contributed by atoms with van der Waals surface area (Å²) in [5.41, 5.74) is 8.21. The van der Waals surface area contributed by atoms with Crippen LogP contribution in [0, 0.1) is 25.5 Å². The molecule has 55 heavy (non-hydrogen) atoms. The van der Waals surface area contributed by atoms with Crippen molar-refractivity contribution in [1.29, 1.82) is 0 Å². The topological polar surface area (TPSA) is 95.9 Å². The van der Waals surface area contributed by atoms with Gasteiger partial charge in [0.15, 0.2) is 0 Å². The maximum Gasteiger partial charge on any atom is 0.340 e. The second-order valence-electron chi connectivity index (χ2n) is 14.2. The molecule has 1 N–H and O–H groups in total. The molecule has 0 amide bonds. The van der Waals surface area contributed by atoms with Gasteiger partial charge in [-0.1, -0.05) is 24.3 Å². The first-order valence-corrected chi connectivity index (χ1v) is 18.8. The summed E-state index contributed by atoms with van der Waals surface area (Å²) in [5, 5.41) is 11.5. The Hall–Kier alpha value is -5.90. The van der Waals surface area contributed by atoms with Crippen molar-refractivity contribution in [2.45, 2.75) is 52.4 Å². The SMILES string of the molecule is COC(=O)c1c(C)nc2ccc(N3CCCCC3)cc2c1-c1ccc(F)cc1.Cc1nc2ccc(N3CCCCC3)cc2c(-c2ccc(F)cc2)c1C(=O)O. The van der Waals surface area contributed by atoms with Crippen molar-refractivity contribution < 1.29 is 28.2 Å². The molecular weight excluding hydrogens is 699 g/mol. The van der Waals surface area contributed by atoms with Gasteiger partial charge in [0.25, 0.3) is 0 Å². The summed E-state index contributed by atoms with van der Waals surface area (Å²) in [7, 11) is 1.37. The molecule has 2 aliphatic heterocycles. The van der Waals surface area contributed by atoms with Gasteiger partial charge in [0.1, 0.15) is 11.6 Å². The largest absolute Gasteiger partial charge is 0.478 e. The van der Waals surface area contributed by atoms with E-state index in [4.69, 9.17) is 4.74 Å². The third-order valence-electron chi connectivity index (χ3n) is 10.6. The summed E-state index contributed by atoms with van der Waals surface area (Å²) in [6.45, 7) is 7.57. The highest BCUT2D eigenvalue weighted by Gasteiger charge is 2.24. The number of fused-ring (bicyclic) bond motifs is 2. The lowest BCUT2D eigenvalue weighted by atomic mass is 9.93. The Balaban J connectivity index is 0.000000169. The minimum absolute atomic E-state index is 0.171. The number of pyridine rings is 2. The van der Waals surface area contributed by atoms with Crippen LogP contribution in [0.25, 0.3) is 44.1 Å².